The predicted octanol–water partition coefficient (Wildman–Crippen LogP) is 5.33. The van der Waals surface area contributed by atoms with Gasteiger partial charge in [-0.15, -0.1) is 0 Å². The molecule has 0 aliphatic carbocycles. The van der Waals surface area contributed by atoms with E-state index in [9.17, 15) is 0 Å². The molecule has 1 nitrogen and oxygen atoms in total. The molecule has 4 heteroatoms. The van der Waals surface area contributed by atoms with Crippen LogP contribution in [0, 0.1) is 0 Å². The molecule has 0 bridgehead atoms. The second-order valence-corrected chi connectivity index (χ2v) is 6.12. The van der Waals surface area contributed by atoms with Crippen molar-refractivity contribution in [2.24, 2.45) is 0 Å². The number of rotatable bonds is 5. The van der Waals surface area contributed by atoms with E-state index in [0.29, 0.717) is 0 Å². The Labute approximate surface area is 125 Å². The summed E-state index contributed by atoms with van der Waals surface area (Å²) in [5.41, 5.74) is 3.52. The quantitative estimate of drug-likeness (QED) is 0.723. The van der Waals surface area contributed by atoms with Gasteiger partial charge in [0.1, 0.15) is 0 Å². The molecule has 96 valence electrons. The summed E-state index contributed by atoms with van der Waals surface area (Å²) in [7, 11) is 0. The lowest BCUT2D eigenvalue weighted by atomic mass is 10.1. The van der Waals surface area contributed by atoms with E-state index in [-0.39, 0.29) is 0 Å². The lowest BCUT2D eigenvalue weighted by molar-refractivity contribution is 0.675. The molecule has 1 heterocycles. The highest BCUT2D eigenvalue weighted by atomic mass is 79.9. The number of hydrogen-bond donors (Lipinski definition) is 1. The minimum Gasteiger partial charge on any atom is -0.313 e. The summed E-state index contributed by atoms with van der Waals surface area (Å²) in [6, 6.07) is 6.27. The molecule has 0 aliphatic heterocycles. The maximum absolute atomic E-state index is 6.33. The smallest absolute Gasteiger partial charge is 0.0457 e. The maximum atomic E-state index is 6.33. The Hall–Kier alpha value is -0.350. The first kappa shape index (κ1) is 14.1. The number of nitrogens with one attached hydrogen (secondary N) is 1. The first-order valence-electron chi connectivity index (χ1n) is 5.93. The fourth-order valence-corrected chi connectivity index (χ4v) is 3.53. The van der Waals surface area contributed by atoms with E-state index >= 15 is 0 Å². The van der Waals surface area contributed by atoms with Gasteiger partial charge in [0.25, 0.3) is 0 Å². The van der Waals surface area contributed by atoms with E-state index in [1.165, 1.54) is 5.56 Å². The van der Waals surface area contributed by atoms with E-state index in [2.05, 4.69) is 51.1 Å². The highest BCUT2D eigenvalue weighted by Crippen LogP contribution is 2.33. The summed E-state index contributed by atoms with van der Waals surface area (Å²) in [5.74, 6) is 0. The van der Waals surface area contributed by atoms with Gasteiger partial charge in [-0.2, -0.15) is 11.3 Å². The Morgan fingerprint density at radius 1 is 1.33 bits per heavy atom. The SMILES string of the molecule is CCCNCc1ccc(-c2cscc2Br)cc1Cl. The van der Waals surface area contributed by atoms with Gasteiger partial charge in [-0.25, -0.2) is 0 Å². The van der Waals surface area contributed by atoms with Crippen LogP contribution in [0.5, 0.6) is 0 Å². The Morgan fingerprint density at radius 2 is 2.17 bits per heavy atom. The molecule has 0 unspecified atom stereocenters. The number of benzene rings is 1. The van der Waals surface area contributed by atoms with Crippen LogP contribution in [0.1, 0.15) is 18.9 Å². The second-order valence-electron chi connectivity index (χ2n) is 4.12. The van der Waals surface area contributed by atoms with Crippen LogP contribution in [0.25, 0.3) is 11.1 Å². The Bertz CT molecular complexity index is 524. The van der Waals surface area contributed by atoms with Crippen LogP contribution in [0.2, 0.25) is 5.02 Å². The largest absolute Gasteiger partial charge is 0.313 e. The zero-order chi connectivity index (χ0) is 13.0. The zero-order valence-corrected chi connectivity index (χ0v) is 13.3. The van der Waals surface area contributed by atoms with Crippen molar-refractivity contribution in [3.63, 3.8) is 0 Å². The van der Waals surface area contributed by atoms with Crippen molar-refractivity contribution in [2.45, 2.75) is 19.9 Å². The third kappa shape index (κ3) is 3.35. The Kier molecular flexibility index (Phi) is 5.25. The van der Waals surface area contributed by atoms with E-state index in [0.717, 1.165) is 40.1 Å². The van der Waals surface area contributed by atoms with E-state index in [1.807, 2.05) is 6.07 Å². The summed E-state index contributed by atoms with van der Waals surface area (Å²) in [6.45, 7) is 4.01. The molecule has 1 aromatic heterocycles. The molecule has 0 aliphatic rings. The highest BCUT2D eigenvalue weighted by Gasteiger charge is 2.07. The zero-order valence-electron chi connectivity index (χ0n) is 10.2. The molecule has 2 aromatic rings. The average Bonchev–Trinajstić information content (AvgIpc) is 2.78. The van der Waals surface area contributed by atoms with Crippen LogP contribution >= 0.6 is 38.9 Å². The summed E-state index contributed by atoms with van der Waals surface area (Å²) < 4.78 is 1.13. The standard InChI is InChI=1S/C14H15BrClNS/c1-2-5-17-7-11-4-3-10(6-14(11)16)12-8-18-9-13(12)15/h3-4,6,8-9,17H,2,5,7H2,1H3. The fourth-order valence-electron chi connectivity index (χ4n) is 1.75. The molecule has 18 heavy (non-hydrogen) atoms. The number of halogens is 2. The van der Waals surface area contributed by atoms with Gasteiger partial charge in [-0.3, -0.25) is 0 Å². The van der Waals surface area contributed by atoms with Crippen molar-refractivity contribution in [1.29, 1.82) is 0 Å². The van der Waals surface area contributed by atoms with Gasteiger partial charge in [-0.1, -0.05) is 30.7 Å². The first-order valence-corrected chi connectivity index (χ1v) is 8.05. The minimum absolute atomic E-state index is 0.828. The molecule has 0 saturated carbocycles. The molecular weight excluding hydrogens is 330 g/mol. The molecule has 0 radical (unpaired) electrons. The van der Waals surface area contributed by atoms with Gasteiger partial charge in [0.05, 0.1) is 0 Å². The van der Waals surface area contributed by atoms with E-state index < -0.39 is 0 Å². The third-order valence-electron chi connectivity index (χ3n) is 2.72. The van der Waals surface area contributed by atoms with E-state index in [4.69, 9.17) is 11.6 Å². The van der Waals surface area contributed by atoms with Crippen LogP contribution in [0.4, 0.5) is 0 Å². The minimum atomic E-state index is 0.828. The Morgan fingerprint density at radius 3 is 2.78 bits per heavy atom. The summed E-state index contributed by atoms with van der Waals surface area (Å²) in [4.78, 5) is 0. The van der Waals surface area contributed by atoms with Crippen molar-refractivity contribution < 1.29 is 0 Å². The number of thiophene rings is 1. The average molecular weight is 345 g/mol. The van der Waals surface area contributed by atoms with Crippen LogP contribution in [0.15, 0.2) is 33.4 Å². The van der Waals surface area contributed by atoms with Crippen molar-refractivity contribution in [2.75, 3.05) is 6.54 Å². The predicted molar refractivity (Wildman–Crippen MR) is 84.5 cm³/mol. The van der Waals surface area contributed by atoms with Crippen molar-refractivity contribution in [3.8, 4) is 11.1 Å². The monoisotopic (exact) mass is 343 g/mol. The lowest BCUT2D eigenvalue weighted by Crippen LogP contribution is -2.13. The highest BCUT2D eigenvalue weighted by molar-refractivity contribution is 9.10. The third-order valence-corrected chi connectivity index (χ3v) is 4.78. The van der Waals surface area contributed by atoms with Crippen molar-refractivity contribution >= 4 is 38.9 Å². The number of hydrogen-bond acceptors (Lipinski definition) is 2. The first-order chi connectivity index (χ1) is 8.72. The topological polar surface area (TPSA) is 12.0 Å². The summed E-state index contributed by atoms with van der Waals surface area (Å²) in [5, 5.41) is 8.41. The van der Waals surface area contributed by atoms with Crippen molar-refractivity contribution in [3.05, 3.63) is 44.0 Å². The second kappa shape index (κ2) is 6.71. The fraction of sp³-hybridized carbons (Fsp3) is 0.286. The molecular formula is C14H15BrClNS. The van der Waals surface area contributed by atoms with E-state index in [1.54, 1.807) is 11.3 Å². The molecule has 0 atom stereocenters. The molecule has 0 saturated heterocycles. The molecule has 2 rings (SSSR count). The van der Waals surface area contributed by atoms with Crippen LogP contribution in [-0.4, -0.2) is 6.54 Å². The molecule has 1 aromatic carbocycles. The van der Waals surface area contributed by atoms with Crippen LogP contribution in [0.3, 0.4) is 0 Å². The van der Waals surface area contributed by atoms with Gasteiger partial charge >= 0.3 is 0 Å². The Balaban J connectivity index is 2.17. The van der Waals surface area contributed by atoms with Gasteiger partial charge in [0.2, 0.25) is 0 Å². The molecule has 0 amide bonds. The van der Waals surface area contributed by atoms with Gasteiger partial charge in [0, 0.05) is 27.0 Å². The lowest BCUT2D eigenvalue weighted by Gasteiger charge is -2.08. The van der Waals surface area contributed by atoms with Gasteiger partial charge in [-0.05, 0) is 51.5 Å². The van der Waals surface area contributed by atoms with Crippen LogP contribution in [-0.2, 0) is 6.54 Å². The van der Waals surface area contributed by atoms with Crippen molar-refractivity contribution in [1.82, 2.24) is 5.32 Å². The summed E-state index contributed by atoms with van der Waals surface area (Å²) in [6.07, 6.45) is 1.14. The normalized spacial score (nSPS) is 10.8. The maximum Gasteiger partial charge on any atom is 0.0457 e. The van der Waals surface area contributed by atoms with Gasteiger partial charge in [0.15, 0.2) is 0 Å². The summed E-state index contributed by atoms with van der Waals surface area (Å²) >= 11 is 11.6. The molecule has 1 N–H and O–H groups in total. The molecule has 0 fully saturated rings. The molecule has 0 spiro atoms. The van der Waals surface area contributed by atoms with Crippen LogP contribution < -0.4 is 5.32 Å². The van der Waals surface area contributed by atoms with Gasteiger partial charge < -0.3 is 5.32 Å².